The molecule has 0 aromatic carbocycles. The van der Waals surface area contributed by atoms with Crippen molar-refractivity contribution in [1.29, 1.82) is 0 Å². The van der Waals surface area contributed by atoms with Gasteiger partial charge in [-0.2, -0.15) is 11.8 Å². The zero-order chi connectivity index (χ0) is 16.9. The Morgan fingerprint density at radius 1 is 1.42 bits per heavy atom. The minimum absolute atomic E-state index is 0. The third kappa shape index (κ3) is 6.46. The van der Waals surface area contributed by atoms with E-state index in [1.165, 1.54) is 25.0 Å². The third-order valence-electron chi connectivity index (χ3n) is 4.05. The first-order chi connectivity index (χ1) is 10.9. The average molecular weight is 466 g/mol. The van der Waals surface area contributed by atoms with E-state index in [1.54, 1.807) is 7.05 Å². The number of hydrogen-bond acceptors (Lipinski definition) is 4. The summed E-state index contributed by atoms with van der Waals surface area (Å²) in [6.07, 6.45) is 5.54. The molecule has 2 rings (SSSR count). The fourth-order valence-corrected chi connectivity index (χ4v) is 3.89. The first kappa shape index (κ1) is 21.6. The van der Waals surface area contributed by atoms with Crippen LogP contribution in [0.5, 0.6) is 0 Å². The predicted molar refractivity (Wildman–Crippen MR) is 114 cm³/mol. The maximum Gasteiger partial charge on any atom is 0.213 e. The molecule has 1 fully saturated rings. The Balaban J connectivity index is 0.00000288. The molecule has 2 atom stereocenters. The van der Waals surface area contributed by atoms with Crippen LogP contribution in [0.3, 0.4) is 0 Å². The molecule has 0 amide bonds. The molecule has 24 heavy (non-hydrogen) atoms. The maximum atomic E-state index is 5.80. The number of thioether (sulfide) groups is 1. The van der Waals surface area contributed by atoms with Crippen LogP contribution in [0.15, 0.2) is 15.6 Å². The fourth-order valence-electron chi connectivity index (χ4n) is 2.74. The van der Waals surface area contributed by atoms with Crippen molar-refractivity contribution in [3.8, 4) is 0 Å². The molecular weight excluding hydrogens is 435 g/mol. The summed E-state index contributed by atoms with van der Waals surface area (Å²) in [7, 11) is 1.80. The van der Waals surface area contributed by atoms with E-state index < -0.39 is 0 Å². The smallest absolute Gasteiger partial charge is 0.213 e. The van der Waals surface area contributed by atoms with Crippen molar-refractivity contribution < 1.29 is 4.42 Å². The number of nitrogens with zero attached hydrogens (tertiary/aromatic N) is 2. The first-order valence-electron chi connectivity index (χ1n) is 8.46. The quantitative estimate of drug-likeness (QED) is 0.391. The van der Waals surface area contributed by atoms with E-state index >= 15 is 0 Å². The standard InChI is InChI=1S/C17H30N4OS.HI/c1-6-23-13-8-7-12(9-13)21-16(18-5)20-11-15-19-10-14(22-15)17(2,3)4;/h10,12-13H,6-9,11H2,1-5H3,(H2,18,20,21);1H. The summed E-state index contributed by atoms with van der Waals surface area (Å²) in [6.45, 7) is 9.14. The second kappa shape index (κ2) is 9.89. The SMILES string of the molecule is CCSC1CCC(NC(=NC)NCc2ncc(C(C)(C)C)o2)C1.I. The molecule has 1 aliphatic carbocycles. The Labute approximate surface area is 167 Å². The van der Waals surface area contributed by atoms with Gasteiger partial charge in [0.2, 0.25) is 5.89 Å². The number of aromatic nitrogens is 1. The van der Waals surface area contributed by atoms with Gasteiger partial charge in [0.15, 0.2) is 5.96 Å². The van der Waals surface area contributed by atoms with Crippen LogP contribution >= 0.6 is 35.7 Å². The summed E-state index contributed by atoms with van der Waals surface area (Å²) < 4.78 is 5.80. The first-order valence-corrected chi connectivity index (χ1v) is 9.51. The molecule has 1 aliphatic rings. The van der Waals surface area contributed by atoms with Crippen LogP contribution in [0, 0.1) is 0 Å². The normalized spacial score (nSPS) is 21.5. The Morgan fingerprint density at radius 3 is 2.75 bits per heavy atom. The number of rotatable bonds is 5. The zero-order valence-electron chi connectivity index (χ0n) is 15.4. The molecular formula is C17H31IN4OS. The molecule has 2 N–H and O–H groups in total. The lowest BCUT2D eigenvalue weighted by Crippen LogP contribution is -2.42. The van der Waals surface area contributed by atoms with Crippen molar-refractivity contribution in [2.75, 3.05) is 12.8 Å². The highest BCUT2D eigenvalue weighted by atomic mass is 127. The summed E-state index contributed by atoms with van der Waals surface area (Å²) in [4.78, 5) is 8.65. The summed E-state index contributed by atoms with van der Waals surface area (Å²) in [5, 5.41) is 7.61. The molecule has 138 valence electrons. The van der Waals surface area contributed by atoms with Gasteiger partial charge in [-0.25, -0.2) is 4.98 Å². The third-order valence-corrected chi connectivity index (χ3v) is 5.28. The molecule has 0 aliphatic heterocycles. The van der Waals surface area contributed by atoms with Gasteiger partial charge in [-0.3, -0.25) is 4.99 Å². The zero-order valence-corrected chi connectivity index (χ0v) is 18.5. The van der Waals surface area contributed by atoms with Gasteiger partial charge >= 0.3 is 0 Å². The van der Waals surface area contributed by atoms with Crippen molar-refractivity contribution in [3.63, 3.8) is 0 Å². The van der Waals surface area contributed by atoms with Crippen molar-refractivity contribution in [1.82, 2.24) is 15.6 Å². The summed E-state index contributed by atoms with van der Waals surface area (Å²) in [5.74, 6) is 3.63. The molecule has 5 nitrogen and oxygen atoms in total. The highest BCUT2D eigenvalue weighted by molar-refractivity contribution is 14.0. The molecule has 0 radical (unpaired) electrons. The van der Waals surface area contributed by atoms with Crippen LogP contribution in [0.2, 0.25) is 0 Å². The summed E-state index contributed by atoms with van der Waals surface area (Å²) in [6, 6.07) is 0.514. The van der Waals surface area contributed by atoms with Crippen LogP contribution < -0.4 is 10.6 Å². The van der Waals surface area contributed by atoms with Crippen molar-refractivity contribution >= 4 is 41.7 Å². The molecule has 2 unspecified atom stereocenters. The molecule has 1 aromatic heterocycles. The van der Waals surface area contributed by atoms with Crippen molar-refractivity contribution in [3.05, 3.63) is 17.8 Å². The molecule has 0 spiro atoms. The fraction of sp³-hybridized carbons (Fsp3) is 0.765. The van der Waals surface area contributed by atoms with Gasteiger partial charge in [0, 0.05) is 23.8 Å². The van der Waals surface area contributed by atoms with Gasteiger partial charge in [-0.15, -0.1) is 24.0 Å². The van der Waals surface area contributed by atoms with Gasteiger partial charge in [0.25, 0.3) is 0 Å². The van der Waals surface area contributed by atoms with E-state index in [1.807, 2.05) is 6.20 Å². The van der Waals surface area contributed by atoms with E-state index in [0.717, 1.165) is 17.0 Å². The van der Waals surface area contributed by atoms with Crippen LogP contribution in [0.4, 0.5) is 0 Å². The number of hydrogen-bond donors (Lipinski definition) is 2. The highest BCUT2D eigenvalue weighted by Crippen LogP contribution is 2.29. The number of halogens is 1. The van der Waals surface area contributed by atoms with Crippen LogP contribution in [0.1, 0.15) is 58.6 Å². The molecule has 1 saturated carbocycles. The van der Waals surface area contributed by atoms with E-state index in [2.05, 4.69) is 60.1 Å². The molecule has 1 aromatic rings. The molecule has 0 bridgehead atoms. The second-order valence-electron chi connectivity index (χ2n) is 7.03. The van der Waals surface area contributed by atoms with Crippen molar-refractivity contribution in [2.45, 2.75) is 70.2 Å². The lowest BCUT2D eigenvalue weighted by Gasteiger charge is -2.17. The predicted octanol–water partition coefficient (Wildman–Crippen LogP) is 3.93. The maximum absolute atomic E-state index is 5.80. The minimum atomic E-state index is -0.0129. The van der Waals surface area contributed by atoms with E-state index in [0.29, 0.717) is 18.5 Å². The highest BCUT2D eigenvalue weighted by Gasteiger charge is 2.25. The van der Waals surface area contributed by atoms with Crippen LogP contribution in [0.25, 0.3) is 0 Å². The Kier molecular flexibility index (Phi) is 8.90. The largest absolute Gasteiger partial charge is 0.443 e. The van der Waals surface area contributed by atoms with E-state index in [9.17, 15) is 0 Å². The van der Waals surface area contributed by atoms with Gasteiger partial charge in [0.05, 0.1) is 12.7 Å². The molecule has 7 heteroatoms. The number of oxazole rings is 1. The van der Waals surface area contributed by atoms with Gasteiger partial charge in [-0.1, -0.05) is 27.7 Å². The van der Waals surface area contributed by atoms with Gasteiger partial charge in [-0.05, 0) is 25.0 Å². The molecule has 1 heterocycles. The van der Waals surface area contributed by atoms with Gasteiger partial charge in [0.1, 0.15) is 5.76 Å². The van der Waals surface area contributed by atoms with E-state index in [4.69, 9.17) is 4.42 Å². The lowest BCUT2D eigenvalue weighted by atomic mass is 9.94. The Hall–Kier alpha value is -0.440. The monoisotopic (exact) mass is 466 g/mol. The van der Waals surface area contributed by atoms with Crippen LogP contribution in [-0.4, -0.2) is 35.0 Å². The van der Waals surface area contributed by atoms with E-state index in [-0.39, 0.29) is 29.4 Å². The number of nitrogens with one attached hydrogen (secondary N) is 2. The van der Waals surface area contributed by atoms with Gasteiger partial charge < -0.3 is 15.1 Å². The summed E-state index contributed by atoms with van der Waals surface area (Å²) in [5.41, 5.74) is -0.0129. The summed E-state index contributed by atoms with van der Waals surface area (Å²) >= 11 is 2.07. The number of aliphatic imine (C=N–C) groups is 1. The topological polar surface area (TPSA) is 62.5 Å². The van der Waals surface area contributed by atoms with Crippen molar-refractivity contribution in [2.24, 2.45) is 4.99 Å². The second-order valence-corrected chi connectivity index (χ2v) is 8.60. The lowest BCUT2D eigenvalue weighted by molar-refractivity contribution is 0.379. The number of guanidine groups is 1. The Morgan fingerprint density at radius 2 is 2.17 bits per heavy atom. The Bertz CT molecular complexity index is 527. The average Bonchev–Trinajstić information content (AvgIpc) is 3.12. The van der Waals surface area contributed by atoms with Crippen LogP contribution in [-0.2, 0) is 12.0 Å². The minimum Gasteiger partial charge on any atom is -0.443 e. The molecule has 0 saturated heterocycles.